The van der Waals surface area contributed by atoms with E-state index in [4.69, 9.17) is 9.56 Å². The normalized spacial score (nSPS) is 11.6. The van der Waals surface area contributed by atoms with Crippen LogP contribution in [0.2, 0.25) is 0 Å². The van der Waals surface area contributed by atoms with Crippen molar-refractivity contribution in [3.8, 4) is 11.5 Å². The molecule has 1 aromatic heterocycles. The van der Waals surface area contributed by atoms with Gasteiger partial charge in [0.2, 0.25) is 21.8 Å². The van der Waals surface area contributed by atoms with Gasteiger partial charge in [-0.05, 0) is 18.2 Å². The van der Waals surface area contributed by atoms with Crippen LogP contribution in [-0.2, 0) is 10.0 Å². The zero-order chi connectivity index (χ0) is 11.8. The Morgan fingerprint density at radius 2 is 2.06 bits per heavy atom. The zero-order valence-electron chi connectivity index (χ0n) is 8.41. The summed E-state index contributed by atoms with van der Waals surface area (Å²) in [5.41, 5.74) is 0.520. The first-order valence-corrected chi connectivity index (χ1v) is 5.95. The van der Waals surface area contributed by atoms with E-state index in [0.29, 0.717) is 11.5 Å². The van der Waals surface area contributed by atoms with E-state index < -0.39 is 10.0 Å². The predicted octanol–water partition coefficient (Wildman–Crippen LogP) is 0.692. The van der Waals surface area contributed by atoms with Gasteiger partial charge in [0.25, 0.3) is 0 Å². The van der Waals surface area contributed by atoms with Gasteiger partial charge in [0.15, 0.2) is 0 Å². The third kappa shape index (κ3) is 2.10. The molecular weight excluding hydrogens is 230 g/mol. The van der Waals surface area contributed by atoms with E-state index >= 15 is 0 Å². The van der Waals surface area contributed by atoms with E-state index in [-0.39, 0.29) is 10.8 Å². The maximum Gasteiger partial charge on any atom is 0.247 e. The molecule has 84 valence electrons. The fourth-order valence-electron chi connectivity index (χ4n) is 1.22. The molecule has 0 aliphatic carbocycles. The minimum absolute atomic E-state index is 0.0147. The highest BCUT2D eigenvalue weighted by atomic mass is 32.2. The first kappa shape index (κ1) is 10.8. The van der Waals surface area contributed by atoms with Gasteiger partial charge in [-0.3, -0.25) is 0 Å². The molecule has 0 aliphatic rings. The summed E-state index contributed by atoms with van der Waals surface area (Å²) in [4.78, 5) is 0.0147. The van der Waals surface area contributed by atoms with Crippen LogP contribution < -0.4 is 5.14 Å². The van der Waals surface area contributed by atoms with E-state index in [0.717, 1.165) is 0 Å². The number of aryl methyl sites for hydroxylation is 1. The number of sulfonamides is 1. The first-order valence-electron chi connectivity index (χ1n) is 4.40. The molecule has 0 amide bonds. The molecule has 0 radical (unpaired) electrons. The van der Waals surface area contributed by atoms with Crippen molar-refractivity contribution in [1.29, 1.82) is 0 Å². The van der Waals surface area contributed by atoms with Crippen LogP contribution >= 0.6 is 0 Å². The minimum Gasteiger partial charge on any atom is -0.421 e. The highest BCUT2D eigenvalue weighted by Gasteiger charge is 2.11. The van der Waals surface area contributed by atoms with E-state index in [2.05, 4.69) is 10.2 Å². The van der Waals surface area contributed by atoms with Gasteiger partial charge in [-0.15, -0.1) is 10.2 Å². The number of primary sulfonamides is 1. The largest absolute Gasteiger partial charge is 0.421 e. The smallest absolute Gasteiger partial charge is 0.247 e. The Labute approximate surface area is 92.2 Å². The SMILES string of the molecule is Cc1nnc(-c2cccc(S(N)(=O)=O)c2)o1. The summed E-state index contributed by atoms with van der Waals surface area (Å²) in [6.45, 7) is 1.65. The summed E-state index contributed by atoms with van der Waals surface area (Å²) in [6, 6.07) is 6.03. The molecule has 6 nitrogen and oxygen atoms in total. The summed E-state index contributed by atoms with van der Waals surface area (Å²) in [7, 11) is -3.72. The van der Waals surface area contributed by atoms with E-state index in [1.54, 1.807) is 19.1 Å². The molecule has 2 N–H and O–H groups in total. The van der Waals surface area contributed by atoms with Crippen molar-refractivity contribution in [3.63, 3.8) is 0 Å². The van der Waals surface area contributed by atoms with Gasteiger partial charge in [0.1, 0.15) is 0 Å². The molecule has 16 heavy (non-hydrogen) atoms. The van der Waals surface area contributed by atoms with Crippen molar-refractivity contribution in [2.24, 2.45) is 5.14 Å². The molecule has 2 rings (SSSR count). The Balaban J connectivity index is 2.52. The fourth-order valence-corrected chi connectivity index (χ4v) is 1.78. The predicted molar refractivity (Wildman–Crippen MR) is 55.8 cm³/mol. The van der Waals surface area contributed by atoms with Crippen LogP contribution in [0.1, 0.15) is 5.89 Å². The molecule has 0 atom stereocenters. The van der Waals surface area contributed by atoms with Gasteiger partial charge >= 0.3 is 0 Å². The Bertz CT molecular complexity index is 618. The molecule has 0 saturated heterocycles. The number of hydrogen-bond acceptors (Lipinski definition) is 5. The molecule has 0 bridgehead atoms. The van der Waals surface area contributed by atoms with Crippen LogP contribution in [0.5, 0.6) is 0 Å². The maximum absolute atomic E-state index is 11.1. The monoisotopic (exact) mass is 239 g/mol. The Kier molecular flexibility index (Phi) is 2.49. The number of rotatable bonds is 2. The Morgan fingerprint density at radius 1 is 1.31 bits per heavy atom. The van der Waals surface area contributed by atoms with Crippen molar-refractivity contribution >= 4 is 10.0 Å². The summed E-state index contributed by atoms with van der Waals surface area (Å²) in [6.07, 6.45) is 0. The molecule has 2 aromatic rings. The lowest BCUT2D eigenvalue weighted by Gasteiger charge is -1.99. The van der Waals surface area contributed by atoms with E-state index in [1.165, 1.54) is 12.1 Å². The minimum atomic E-state index is -3.72. The second kappa shape index (κ2) is 3.69. The number of hydrogen-bond donors (Lipinski definition) is 1. The van der Waals surface area contributed by atoms with Gasteiger partial charge in [-0.1, -0.05) is 6.07 Å². The average Bonchev–Trinajstić information content (AvgIpc) is 2.64. The van der Waals surface area contributed by atoms with Crippen LogP contribution in [0.15, 0.2) is 33.6 Å². The Hall–Kier alpha value is -1.73. The van der Waals surface area contributed by atoms with Crippen molar-refractivity contribution in [2.45, 2.75) is 11.8 Å². The van der Waals surface area contributed by atoms with E-state index in [9.17, 15) is 8.42 Å². The third-order valence-electron chi connectivity index (χ3n) is 1.94. The average molecular weight is 239 g/mol. The topological polar surface area (TPSA) is 99.1 Å². The van der Waals surface area contributed by atoms with Crippen molar-refractivity contribution in [3.05, 3.63) is 30.2 Å². The second-order valence-corrected chi connectivity index (χ2v) is 4.76. The van der Waals surface area contributed by atoms with Gasteiger partial charge in [-0.2, -0.15) is 0 Å². The van der Waals surface area contributed by atoms with Crippen molar-refractivity contribution in [1.82, 2.24) is 10.2 Å². The number of benzene rings is 1. The van der Waals surface area contributed by atoms with Crippen LogP contribution in [-0.4, -0.2) is 18.6 Å². The number of aromatic nitrogens is 2. The second-order valence-electron chi connectivity index (χ2n) is 3.20. The van der Waals surface area contributed by atoms with Crippen molar-refractivity contribution in [2.75, 3.05) is 0 Å². The molecule has 1 aromatic carbocycles. The molecule has 0 saturated carbocycles. The first-order chi connectivity index (χ1) is 7.47. The number of nitrogens with two attached hydrogens (primary N) is 1. The zero-order valence-corrected chi connectivity index (χ0v) is 9.23. The lowest BCUT2D eigenvalue weighted by molar-refractivity contribution is 0.532. The summed E-state index contributed by atoms with van der Waals surface area (Å²) >= 11 is 0. The summed E-state index contributed by atoms with van der Waals surface area (Å²) in [5.74, 6) is 0.680. The fraction of sp³-hybridized carbons (Fsp3) is 0.111. The summed E-state index contributed by atoms with van der Waals surface area (Å²) in [5, 5.41) is 12.5. The van der Waals surface area contributed by atoms with Gasteiger partial charge in [0.05, 0.1) is 4.90 Å². The summed E-state index contributed by atoms with van der Waals surface area (Å²) < 4.78 is 27.4. The van der Waals surface area contributed by atoms with Gasteiger partial charge in [0, 0.05) is 12.5 Å². The molecule has 7 heteroatoms. The highest BCUT2D eigenvalue weighted by molar-refractivity contribution is 7.89. The molecule has 1 heterocycles. The van der Waals surface area contributed by atoms with E-state index in [1.807, 2.05) is 0 Å². The van der Waals surface area contributed by atoms with Crippen LogP contribution in [0.25, 0.3) is 11.5 Å². The third-order valence-corrected chi connectivity index (χ3v) is 2.85. The standard InChI is InChI=1S/C9H9N3O3S/c1-6-11-12-9(15-6)7-3-2-4-8(5-7)16(10,13)14/h2-5H,1H3,(H2,10,13,14). The maximum atomic E-state index is 11.1. The van der Waals surface area contributed by atoms with Crippen molar-refractivity contribution < 1.29 is 12.8 Å². The molecular formula is C9H9N3O3S. The molecule has 0 unspecified atom stereocenters. The number of nitrogens with zero attached hydrogens (tertiary/aromatic N) is 2. The van der Waals surface area contributed by atoms with Gasteiger partial charge < -0.3 is 4.42 Å². The van der Waals surface area contributed by atoms with Crippen LogP contribution in [0, 0.1) is 6.92 Å². The van der Waals surface area contributed by atoms with Gasteiger partial charge in [-0.25, -0.2) is 13.6 Å². The highest BCUT2D eigenvalue weighted by Crippen LogP contribution is 2.20. The quantitative estimate of drug-likeness (QED) is 0.831. The van der Waals surface area contributed by atoms with Crippen LogP contribution in [0.4, 0.5) is 0 Å². The lowest BCUT2D eigenvalue weighted by atomic mass is 10.2. The molecule has 0 fully saturated rings. The molecule has 0 spiro atoms. The van der Waals surface area contributed by atoms with Crippen LogP contribution in [0.3, 0.4) is 0 Å². The Morgan fingerprint density at radius 3 is 2.62 bits per heavy atom. The lowest BCUT2D eigenvalue weighted by Crippen LogP contribution is -2.11. The molecule has 0 aliphatic heterocycles.